The van der Waals surface area contributed by atoms with Crippen LogP contribution in [0.15, 0.2) is 10.9 Å². The van der Waals surface area contributed by atoms with Crippen molar-refractivity contribution in [1.29, 1.82) is 0 Å². The van der Waals surface area contributed by atoms with E-state index in [0.717, 1.165) is 12.5 Å². The predicted molar refractivity (Wildman–Crippen MR) is 69.7 cm³/mol. The summed E-state index contributed by atoms with van der Waals surface area (Å²) in [4.78, 5) is 4.50. The number of thiazole rings is 1. The van der Waals surface area contributed by atoms with Crippen LogP contribution in [0.25, 0.3) is 0 Å². The van der Waals surface area contributed by atoms with E-state index in [9.17, 15) is 0 Å². The Kier molecular flexibility index (Phi) is 4.79. The third-order valence-electron chi connectivity index (χ3n) is 3.51. The highest BCUT2D eigenvalue weighted by atomic mass is 32.1. The summed E-state index contributed by atoms with van der Waals surface area (Å²) in [5.41, 5.74) is 3.23. The topological polar surface area (TPSA) is 24.9 Å². The number of nitrogens with zero attached hydrogens (tertiary/aromatic N) is 1. The molecule has 0 radical (unpaired) electrons. The SMILES string of the molecule is CCCNC(c1cscn1)C1CCCCC1. The van der Waals surface area contributed by atoms with Gasteiger partial charge in [-0.1, -0.05) is 26.2 Å². The first-order valence-electron chi connectivity index (χ1n) is 6.53. The van der Waals surface area contributed by atoms with E-state index in [1.54, 1.807) is 11.3 Å². The molecule has 0 saturated heterocycles. The highest BCUT2D eigenvalue weighted by Gasteiger charge is 2.25. The van der Waals surface area contributed by atoms with E-state index in [-0.39, 0.29) is 0 Å². The molecule has 0 amide bonds. The summed E-state index contributed by atoms with van der Waals surface area (Å²) in [6.07, 6.45) is 8.18. The number of hydrogen-bond acceptors (Lipinski definition) is 3. The molecule has 1 fully saturated rings. The van der Waals surface area contributed by atoms with Gasteiger partial charge in [0.1, 0.15) is 0 Å². The fraction of sp³-hybridized carbons (Fsp3) is 0.769. The first-order chi connectivity index (χ1) is 7.92. The van der Waals surface area contributed by atoms with Gasteiger partial charge in [-0.3, -0.25) is 0 Å². The first kappa shape index (κ1) is 12.1. The van der Waals surface area contributed by atoms with Gasteiger partial charge >= 0.3 is 0 Å². The van der Waals surface area contributed by atoms with E-state index in [1.807, 2.05) is 5.51 Å². The fourth-order valence-electron chi connectivity index (χ4n) is 2.66. The Labute approximate surface area is 102 Å². The largest absolute Gasteiger partial charge is 0.308 e. The molecule has 1 aromatic rings. The van der Waals surface area contributed by atoms with Crippen LogP contribution in [0.5, 0.6) is 0 Å². The van der Waals surface area contributed by atoms with Crippen molar-refractivity contribution in [2.75, 3.05) is 6.54 Å². The molecule has 0 spiro atoms. The summed E-state index contributed by atoms with van der Waals surface area (Å²) >= 11 is 1.71. The molecule has 1 unspecified atom stereocenters. The second-order valence-electron chi connectivity index (χ2n) is 4.74. The summed E-state index contributed by atoms with van der Waals surface area (Å²) in [6, 6.07) is 0.506. The van der Waals surface area contributed by atoms with Crippen LogP contribution in [0, 0.1) is 5.92 Å². The van der Waals surface area contributed by atoms with Crippen molar-refractivity contribution in [3.63, 3.8) is 0 Å². The summed E-state index contributed by atoms with van der Waals surface area (Å²) in [7, 11) is 0. The molecule has 2 nitrogen and oxygen atoms in total. The molecule has 16 heavy (non-hydrogen) atoms. The van der Waals surface area contributed by atoms with Crippen molar-refractivity contribution in [2.24, 2.45) is 5.92 Å². The van der Waals surface area contributed by atoms with Gasteiger partial charge in [-0.25, -0.2) is 4.98 Å². The van der Waals surface area contributed by atoms with E-state index in [1.165, 1.54) is 44.2 Å². The second kappa shape index (κ2) is 6.36. The summed E-state index contributed by atoms with van der Waals surface area (Å²) in [6.45, 7) is 3.34. The van der Waals surface area contributed by atoms with Gasteiger partial charge in [0.05, 0.1) is 17.2 Å². The molecule has 0 aromatic carbocycles. The van der Waals surface area contributed by atoms with Crippen molar-refractivity contribution in [2.45, 2.75) is 51.5 Å². The lowest BCUT2D eigenvalue weighted by Crippen LogP contribution is -2.30. The monoisotopic (exact) mass is 238 g/mol. The smallest absolute Gasteiger partial charge is 0.0795 e. The van der Waals surface area contributed by atoms with Gasteiger partial charge in [-0.05, 0) is 31.7 Å². The van der Waals surface area contributed by atoms with Crippen molar-refractivity contribution in [3.05, 3.63) is 16.6 Å². The number of nitrogens with one attached hydrogen (secondary N) is 1. The molecule has 1 N–H and O–H groups in total. The normalized spacial score (nSPS) is 19.8. The van der Waals surface area contributed by atoms with E-state index in [4.69, 9.17) is 0 Å². The Morgan fingerprint density at radius 3 is 2.88 bits per heavy atom. The third kappa shape index (κ3) is 3.05. The molecule has 1 aliphatic carbocycles. The maximum Gasteiger partial charge on any atom is 0.0795 e. The van der Waals surface area contributed by atoms with Gasteiger partial charge in [0.25, 0.3) is 0 Å². The highest BCUT2D eigenvalue weighted by molar-refractivity contribution is 7.07. The average Bonchev–Trinajstić information content (AvgIpc) is 2.85. The molecule has 1 aromatic heterocycles. The van der Waals surface area contributed by atoms with Crippen LogP contribution in [0.4, 0.5) is 0 Å². The summed E-state index contributed by atoms with van der Waals surface area (Å²) in [5, 5.41) is 5.90. The lowest BCUT2D eigenvalue weighted by Gasteiger charge is -2.30. The van der Waals surface area contributed by atoms with Crippen LogP contribution in [0.2, 0.25) is 0 Å². The second-order valence-corrected chi connectivity index (χ2v) is 5.46. The molecule has 90 valence electrons. The van der Waals surface area contributed by atoms with Crippen LogP contribution >= 0.6 is 11.3 Å². The van der Waals surface area contributed by atoms with Crippen molar-refractivity contribution in [3.8, 4) is 0 Å². The Morgan fingerprint density at radius 2 is 2.25 bits per heavy atom. The molecule has 1 atom stereocenters. The lowest BCUT2D eigenvalue weighted by atomic mass is 9.83. The van der Waals surface area contributed by atoms with Crippen LogP contribution < -0.4 is 5.32 Å². The molecule has 1 heterocycles. The van der Waals surface area contributed by atoms with Gasteiger partial charge in [0, 0.05) is 5.38 Å². The Morgan fingerprint density at radius 1 is 1.44 bits per heavy atom. The Balaban J connectivity index is 2.01. The van der Waals surface area contributed by atoms with Crippen LogP contribution in [0.3, 0.4) is 0 Å². The maximum atomic E-state index is 4.50. The minimum absolute atomic E-state index is 0.506. The molecule has 0 bridgehead atoms. The van der Waals surface area contributed by atoms with Gasteiger partial charge in [0.15, 0.2) is 0 Å². The van der Waals surface area contributed by atoms with Crippen LogP contribution in [-0.4, -0.2) is 11.5 Å². The third-order valence-corrected chi connectivity index (χ3v) is 4.11. The van der Waals surface area contributed by atoms with E-state index in [2.05, 4.69) is 22.6 Å². The molecular weight excluding hydrogens is 216 g/mol. The van der Waals surface area contributed by atoms with Crippen molar-refractivity contribution in [1.82, 2.24) is 10.3 Å². The lowest BCUT2D eigenvalue weighted by molar-refractivity contribution is 0.268. The first-order valence-corrected chi connectivity index (χ1v) is 7.47. The zero-order valence-electron chi connectivity index (χ0n) is 10.1. The van der Waals surface area contributed by atoms with Gasteiger partial charge in [-0.2, -0.15) is 0 Å². The zero-order valence-corrected chi connectivity index (χ0v) is 10.9. The summed E-state index contributed by atoms with van der Waals surface area (Å²) in [5.74, 6) is 0.808. The minimum Gasteiger partial charge on any atom is -0.308 e. The van der Waals surface area contributed by atoms with E-state index < -0.39 is 0 Å². The Bertz CT molecular complexity index is 278. The summed E-state index contributed by atoms with van der Waals surface area (Å²) < 4.78 is 0. The van der Waals surface area contributed by atoms with Gasteiger partial charge in [-0.15, -0.1) is 11.3 Å². The number of rotatable bonds is 5. The van der Waals surface area contributed by atoms with Crippen molar-refractivity contribution < 1.29 is 0 Å². The molecule has 1 saturated carbocycles. The molecule has 0 aliphatic heterocycles. The van der Waals surface area contributed by atoms with Crippen LogP contribution in [-0.2, 0) is 0 Å². The maximum absolute atomic E-state index is 4.50. The van der Waals surface area contributed by atoms with Gasteiger partial charge in [0.2, 0.25) is 0 Å². The molecule has 3 heteroatoms. The minimum atomic E-state index is 0.506. The van der Waals surface area contributed by atoms with E-state index in [0.29, 0.717) is 6.04 Å². The fourth-order valence-corrected chi connectivity index (χ4v) is 3.25. The van der Waals surface area contributed by atoms with Crippen LogP contribution in [0.1, 0.15) is 57.2 Å². The highest BCUT2D eigenvalue weighted by Crippen LogP contribution is 2.34. The number of hydrogen-bond donors (Lipinski definition) is 1. The van der Waals surface area contributed by atoms with Gasteiger partial charge < -0.3 is 5.32 Å². The quantitative estimate of drug-likeness (QED) is 0.844. The zero-order chi connectivity index (χ0) is 11.2. The van der Waals surface area contributed by atoms with E-state index >= 15 is 0 Å². The Hall–Kier alpha value is -0.410. The number of aromatic nitrogens is 1. The molecular formula is C13H22N2S. The van der Waals surface area contributed by atoms with Crippen molar-refractivity contribution >= 4 is 11.3 Å². The standard InChI is InChI=1S/C13H22N2S/c1-2-8-14-13(12-9-16-10-15-12)11-6-4-3-5-7-11/h9-11,13-14H,2-8H2,1H3. The predicted octanol–water partition coefficient (Wildman–Crippen LogP) is 3.76. The molecule has 2 rings (SSSR count). The average molecular weight is 238 g/mol. The molecule has 1 aliphatic rings.